The summed E-state index contributed by atoms with van der Waals surface area (Å²) in [6.07, 6.45) is 8.27. The van der Waals surface area contributed by atoms with Gasteiger partial charge in [0.15, 0.2) is 0 Å². The number of aromatic nitrogens is 3. The molecule has 3 aromatic heterocycles. The van der Waals surface area contributed by atoms with Gasteiger partial charge in [-0.25, -0.2) is 0 Å². The van der Waals surface area contributed by atoms with Crippen LogP contribution in [0.25, 0.3) is 77.9 Å². The second-order valence-electron chi connectivity index (χ2n) is 10.5. The highest BCUT2D eigenvalue weighted by Gasteiger charge is 2.23. The summed E-state index contributed by atoms with van der Waals surface area (Å²) in [5.41, 5.74) is 8.73. The zero-order chi connectivity index (χ0) is 27.5. The predicted molar refractivity (Wildman–Crippen MR) is 175 cm³/mol. The number of pyridine rings is 1. The van der Waals surface area contributed by atoms with Gasteiger partial charge in [0.25, 0.3) is 0 Å². The van der Waals surface area contributed by atoms with Crippen LogP contribution in [-0.2, 0) is 0 Å². The normalized spacial score (nSPS) is 12.0. The first-order valence-electron chi connectivity index (χ1n) is 14.0. The number of nitrogens with zero attached hydrogens (tertiary/aromatic N) is 3. The number of hydrogen-bond acceptors (Lipinski definition) is 1. The van der Waals surface area contributed by atoms with Gasteiger partial charge in [-0.05, 0) is 64.9 Å². The lowest BCUT2D eigenvalue weighted by molar-refractivity contribution is 1.10. The Bertz CT molecular complexity index is 2350. The van der Waals surface area contributed by atoms with E-state index in [1.54, 1.807) is 0 Å². The van der Waals surface area contributed by atoms with Crippen LogP contribution in [0.2, 0.25) is 0 Å². The molecular formula is C38H27N3. The Kier molecular flexibility index (Phi) is 5.19. The maximum absolute atomic E-state index is 5.11. The molecule has 0 saturated heterocycles. The topological polar surface area (TPSA) is 22.8 Å². The SMILES string of the molecule is C=Cc1c(/C=C\C)n(-c2ccc3ccccc3c2)c2c1cnc1c3ccccc3n(-c3ccc4ccccc4c3)c12. The van der Waals surface area contributed by atoms with E-state index in [0.29, 0.717) is 0 Å². The molecule has 0 fully saturated rings. The Morgan fingerprint density at radius 2 is 1.24 bits per heavy atom. The molecule has 3 nitrogen and oxygen atoms in total. The van der Waals surface area contributed by atoms with E-state index in [1.165, 1.54) is 21.5 Å². The highest BCUT2D eigenvalue weighted by atomic mass is 15.1. The van der Waals surface area contributed by atoms with E-state index in [1.807, 2.05) is 12.3 Å². The fourth-order valence-corrected chi connectivity index (χ4v) is 6.40. The van der Waals surface area contributed by atoms with E-state index in [9.17, 15) is 0 Å². The molecule has 3 heteroatoms. The predicted octanol–water partition coefficient (Wildman–Crippen LogP) is 10.1. The summed E-state index contributed by atoms with van der Waals surface area (Å²) in [7, 11) is 0. The van der Waals surface area contributed by atoms with Crippen LogP contribution >= 0.6 is 0 Å². The number of fused-ring (bicyclic) bond motifs is 7. The van der Waals surface area contributed by atoms with Gasteiger partial charge in [0.1, 0.15) is 0 Å². The van der Waals surface area contributed by atoms with Crippen molar-refractivity contribution in [2.24, 2.45) is 0 Å². The molecule has 0 radical (unpaired) electrons. The second-order valence-corrected chi connectivity index (χ2v) is 10.5. The molecule has 0 unspecified atom stereocenters. The first kappa shape index (κ1) is 23.5. The molecule has 0 bridgehead atoms. The van der Waals surface area contributed by atoms with Gasteiger partial charge in [-0.1, -0.05) is 97.6 Å². The molecule has 0 atom stereocenters. The maximum Gasteiger partial charge on any atom is 0.0985 e. The van der Waals surface area contributed by atoms with Crippen molar-refractivity contribution in [2.45, 2.75) is 6.92 Å². The van der Waals surface area contributed by atoms with Gasteiger partial charge < -0.3 is 9.13 Å². The fraction of sp³-hybridized carbons (Fsp3) is 0.0263. The molecule has 0 saturated carbocycles. The lowest BCUT2D eigenvalue weighted by Gasteiger charge is -2.14. The summed E-state index contributed by atoms with van der Waals surface area (Å²) in [4.78, 5) is 5.11. The minimum atomic E-state index is 0.989. The van der Waals surface area contributed by atoms with E-state index < -0.39 is 0 Å². The van der Waals surface area contributed by atoms with Crippen molar-refractivity contribution in [3.8, 4) is 11.4 Å². The second kappa shape index (κ2) is 9.07. The van der Waals surface area contributed by atoms with Gasteiger partial charge in [0, 0.05) is 33.9 Å². The third-order valence-corrected chi connectivity index (χ3v) is 8.19. The molecule has 5 aromatic carbocycles. The van der Waals surface area contributed by atoms with Crippen LogP contribution in [0, 0.1) is 0 Å². The van der Waals surface area contributed by atoms with E-state index in [0.717, 1.165) is 55.5 Å². The molecule has 0 aliphatic rings. The number of allylic oxidation sites excluding steroid dienone is 1. The molecule has 8 aromatic rings. The molecule has 3 heterocycles. The Morgan fingerprint density at radius 1 is 0.634 bits per heavy atom. The van der Waals surface area contributed by atoms with Crippen molar-refractivity contribution in [2.75, 3.05) is 0 Å². The number of hydrogen-bond donors (Lipinski definition) is 0. The van der Waals surface area contributed by atoms with Crippen LogP contribution in [0.4, 0.5) is 0 Å². The van der Waals surface area contributed by atoms with Crippen LogP contribution in [0.15, 0.2) is 128 Å². The molecule has 8 rings (SSSR count). The molecule has 0 aliphatic heterocycles. The standard InChI is InChI=1S/C38H27N3/c1-3-11-34-31(4-2)33-24-39-36-32-16-9-10-17-35(32)41(30-21-19-26-13-6-8-15-28(26)23-30)38(36)37(33)40(34)29-20-18-25-12-5-7-14-27(25)22-29/h3-24H,2H2,1H3/b11-3-. The monoisotopic (exact) mass is 525 g/mol. The Morgan fingerprint density at radius 3 is 1.90 bits per heavy atom. The van der Waals surface area contributed by atoms with Crippen molar-refractivity contribution in [1.82, 2.24) is 14.1 Å². The van der Waals surface area contributed by atoms with Gasteiger partial charge in [0.05, 0.1) is 27.8 Å². The summed E-state index contributed by atoms with van der Waals surface area (Å²) in [5.74, 6) is 0. The van der Waals surface area contributed by atoms with Gasteiger partial charge in [-0.15, -0.1) is 0 Å². The smallest absolute Gasteiger partial charge is 0.0985 e. The number of para-hydroxylation sites is 1. The van der Waals surface area contributed by atoms with Crippen molar-refractivity contribution < 1.29 is 0 Å². The van der Waals surface area contributed by atoms with Crippen molar-refractivity contribution in [3.63, 3.8) is 0 Å². The van der Waals surface area contributed by atoms with Gasteiger partial charge in [0.2, 0.25) is 0 Å². The van der Waals surface area contributed by atoms with Crippen LogP contribution in [0.5, 0.6) is 0 Å². The molecule has 194 valence electrons. The summed E-state index contributed by atoms with van der Waals surface area (Å²) in [6.45, 7) is 6.30. The van der Waals surface area contributed by atoms with Crippen molar-refractivity contribution >= 4 is 66.5 Å². The highest BCUT2D eigenvalue weighted by Crippen LogP contribution is 2.41. The lowest BCUT2D eigenvalue weighted by Crippen LogP contribution is -2.01. The Labute approximate surface area is 237 Å². The summed E-state index contributed by atoms with van der Waals surface area (Å²) < 4.78 is 4.77. The highest BCUT2D eigenvalue weighted by molar-refractivity contribution is 6.18. The fourth-order valence-electron chi connectivity index (χ4n) is 6.40. The van der Waals surface area contributed by atoms with Gasteiger partial charge in [-0.2, -0.15) is 0 Å². The van der Waals surface area contributed by atoms with E-state index in [2.05, 4.69) is 144 Å². The van der Waals surface area contributed by atoms with Gasteiger partial charge >= 0.3 is 0 Å². The third kappa shape index (κ3) is 3.42. The molecular weight excluding hydrogens is 498 g/mol. The molecule has 0 amide bonds. The lowest BCUT2D eigenvalue weighted by atomic mass is 10.1. The minimum Gasteiger partial charge on any atom is -0.307 e. The molecule has 0 spiro atoms. The van der Waals surface area contributed by atoms with Crippen LogP contribution in [-0.4, -0.2) is 14.1 Å². The van der Waals surface area contributed by atoms with Crippen LogP contribution in [0.1, 0.15) is 18.2 Å². The zero-order valence-electron chi connectivity index (χ0n) is 22.8. The van der Waals surface area contributed by atoms with Crippen LogP contribution in [0.3, 0.4) is 0 Å². The van der Waals surface area contributed by atoms with Crippen molar-refractivity contribution in [3.05, 3.63) is 139 Å². The van der Waals surface area contributed by atoms with E-state index >= 15 is 0 Å². The molecule has 41 heavy (non-hydrogen) atoms. The molecule has 0 aliphatic carbocycles. The number of rotatable bonds is 4. The third-order valence-electron chi connectivity index (χ3n) is 8.19. The quantitative estimate of drug-likeness (QED) is 0.224. The van der Waals surface area contributed by atoms with E-state index in [-0.39, 0.29) is 0 Å². The summed E-state index contributed by atoms with van der Waals surface area (Å²) in [5, 5.41) is 7.08. The average Bonchev–Trinajstić information content (AvgIpc) is 3.53. The minimum absolute atomic E-state index is 0.989. The van der Waals surface area contributed by atoms with Gasteiger partial charge in [-0.3, -0.25) is 4.98 Å². The zero-order valence-corrected chi connectivity index (χ0v) is 22.8. The first-order valence-corrected chi connectivity index (χ1v) is 14.0. The maximum atomic E-state index is 5.11. The molecule has 0 N–H and O–H groups in total. The summed E-state index contributed by atoms with van der Waals surface area (Å²) >= 11 is 0. The van der Waals surface area contributed by atoms with Crippen molar-refractivity contribution in [1.29, 1.82) is 0 Å². The number of benzene rings is 5. The first-order chi connectivity index (χ1) is 20.3. The van der Waals surface area contributed by atoms with E-state index in [4.69, 9.17) is 4.98 Å². The largest absolute Gasteiger partial charge is 0.307 e. The van der Waals surface area contributed by atoms with Crippen LogP contribution < -0.4 is 0 Å². The Hall–Kier alpha value is -5.41. The average molecular weight is 526 g/mol. The summed E-state index contributed by atoms with van der Waals surface area (Å²) in [6, 6.07) is 39.1. The Balaban J connectivity index is 1.60.